The molecule has 3 heterocycles. The maximum Gasteiger partial charge on any atom is 0.204 e. The number of hydrogen-bond acceptors (Lipinski definition) is 5. The van der Waals surface area contributed by atoms with Gasteiger partial charge in [0.1, 0.15) is 0 Å². The van der Waals surface area contributed by atoms with Crippen LogP contribution in [0.2, 0.25) is 0 Å². The highest BCUT2D eigenvalue weighted by molar-refractivity contribution is 5.56. The fourth-order valence-corrected chi connectivity index (χ4v) is 2.78. The lowest BCUT2D eigenvalue weighted by Crippen LogP contribution is -2.46. The van der Waals surface area contributed by atoms with Gasteiger partial charge in [-0.1, -0.05) is 23.4 Å². The topological polar surface area (TPSA) is 45.7 Å². The van der Waals surface area contributed by atoms with Gasteiger partial charge in [-0.05, 0) is 24.3 Å². The van der Waals surface area contributed by atoms with Crippen molar-refractivity contribution in [3.63, 3.8) is 0 Å². The van der Waals surface area contributed by atoms with Gasteiger partial charge in [-0.2, -0.15) is 0 Å². The van der Waals surface area contributed by atoms with Gasteiger partial charge in [0.15, 0.2) is 11.6 Å². The van der Waals surface area contributed by atoms with Gasteiger partial charge >= 0.3 is 0 Å². The second kappa shape index (κ2) is 5.60. The smallest absolute Gasteiger partial charge is 0.204 e. The molecule has 4 rings (SSSR count). The lowest BCUT2D eigenvalue weighted by Gasteiger charge is -2.35. The van der Waals surface area contributed by atoms with Crippen molar-refractivity contribution >= 4 is 11.5 Å². The Labute approximate surface area is 128 Å². The lowest BCUT2D eigenvalue weighted by molar-refractivity contribution is 0.416. The number of para-hydroxylation sites is 1. The predicted octanol–water partition coefficient (Wildman–Crippen LogP) is 3.26. The zero-order valence-corrected chi connectivity index (χ0v) is 12.2. The maximum atomic E-state index is 5.37. The van der Waals surface area contributed by atoms with Crippen molar-refractivity contribution in [3.05, 3.63) is 54.8 Å². The summed E-state index contributed by atoms with van der Waals surface area (Å²) in [6, 6.07) is 16.2. The summed E-state index contributed by atoms with van der Waals surface area (Å²) in [6.45, 7) is 3.82. The van der Waals surface area contributed by atoms with E-state index in [4.69, 9.17) is 8.94 Å². The van der Waals surface area contributed by atoms with Gasteiger partial charge in [0, 0.05) is 37.9 Å². The van der Waals surface area contributed by atoms with Crippen molar-refractivity contribution < 1.29 is 8.94 Å². The zero-order chi connectivity index (χ0) is 14.8. The molecule has 5 heteroatoms. The molecule has 0 amide bonds. The fraction of sp³-hybridized carbons (Fsp3) is 0.235. The molecule has 0 spiro atoms. The van der Waals surface area contributed by atoms with Crippen LogP contribution < -0.4 is 9.80 Å². The summed E-state index contributed by atoms with van der Waals surface area (Å²) in [5.41, 5.74) is 1.28. The predicted molar refractivity (Wildman–Crippen MR) is 85.1 cm³/mol. The highest BCUT2D eigenvalue weighted by Crippen LogP contribution is 2.26. The van der Waals surface area contributed by atoms with Crippen LogP contribution in [0.4, 0.5) is 11.5 Å². The van der Waals surface area contributed by atoms with E-state index in [2.05, 4.69) is 39.2 Å². The number of rotatable bonds is 3. The van der Waals surface area contributed by atoms with Gasteiger partial charge < -0.3 is 18.7 Å². The van der Waals surface area contributed by atoms with Crippen LogP contribution in [0.3, 0.4) is 0 Å². The van der Waals surface area contributed by atoms with E-state index in [0.29, 0.717) is 11.5 Å². The van der Waals surface area contributed by atoms with E-state index in [1.807, 2.05) is 24.3 Å². The average molecular weight is 295 g/mol. The molecule has 0 radical (unpaired) electrons. The molecular formula is C17H17N3O2. The molecule has 0 bridgehead atoms. The summed E-state index contributed by atoms with van der Waals surface area (Å²) in [4.78, 5) is 4.64. The first-order valence-corrected chi connectivity index (χ1v) is 7.46. The van der Waals surface area contributed by atoms with Gasteiger partial charge in [-0.15, -0.1) is 0 Å². The molecule has 0 unspecified atom stereocenters. The third kappa shape index (κ3) is 2.45. The average Bonchev–Trinajstić information content (AvgIpc) is 3.27. The molecule has 22 heavy (non-hydrogen) atoms. The number of nitrogens with zero attached hydrogens (tertiary/aromatic N) is 3. The Balaban J connectivity index is 1.44. The van der Waals surface area contributed by atoms with Crippen LogP contribution in [0, 0.1) is 0 Å². The highest BCUT2D eigenvalue weighted by Gasteiger charge is 2.20. The molecule has 0 atom stereocenters. The van der Waals surface area contributed by atoms with Crippen molar-refractivity contribution in [2.75, 3.05) is 36.0 Å². The Morgan fingerprint density at radius 1 is 0.818 bits per heavy atom. The molecule has 1 aliphatic heterocycles. The largest absolute Gasteiger partial charge is 0.461 e. The standard InChI is InChI=1S/C17H17N3O2/c1-2-5-14(6-3-1)19-8-10-20(11-9-19)17-13-16(22-18-17)15-7-4-12-21-15/h1-7,12-13H,8-11H2. The molecule has 5 nitrogen and oxygen atoms in total. The molecule has 1 aromatic carbocycles. The van der Waals surface area contributed by atoms with Crippen LogP contribution in [0.5, 0.6) is 0 Å². The Bertz CT molecular complexity index is 713. The van der Waals surface area contributed by atoms with Crippen molar-refractivity contribution in [1.82, 2.24) is 5.16 Å². The number of piperazine rings is 1. The van der Waals surface area contributed by atoms with Gasteiger partial charge in [-0.3, -0.25) is 0 Å². The molecule has 0 N–H and O–H groups in total. The minimum absolute atomic E-state index is 0.672. The minimum atomic E-state index is 0.672. The maximum absolute atomic E-state index is 5.37. The fourth-order valence-electron chi connectivity index (χ4n) is 2.78. The molecule has 1 fully saturated rings. The molecule has 3 aromatic rings. The number of aromatic nitrogens is 1. The normalized spacial score (nSPS) is 15.3. The van der Waals surface area contributed by atoms with E-state index >= 15 is 0 Å². The first-order chi connectivity index (χ1) is 10.9. The van der Waals surface area contributed by atoms with Crippen LogP contribution in [0.25, 0.3) is 11.5 Å². The van der Waals surface area contributed by atoms with Crippen molar-refractivity contribution in [2.45, 2.75) is 0 Å². The van der Waals surface area contributed by atoms with E-state index in [0.717, 1.165) is 32.0 Å². The summed E-state index contributed by atoms with van der Waals surface area (Å²) in [6.07, 6.45) is 1.64. The summed E-state index contributed by atoms with van der Waals surface area (Å²) < 4.78 is 10.7. The summed E-state index contributed by atoms with van der Waals surface area (Å²) in [7, 11) is 0. The zero-order valence-electron chi connectivity index (χ0n) is 12.2. The molecule has 0 aliphatic carbocycles. The SMILES string of the molecule is c1ccc(N2CCN(c3cc(-c4ccco4)on3)CC2)cc1. The quantitative estimate of drug-likeness (QED) is 0.742. The Morgan fingerprint density at radius 2 is 1.59 bits per heavy atom. The second-order valence-corrected chi connectivity index (χ2v) is 5.34. The van der Waals surface area contributed by atoms with Crippen molar-refractivity contribution in [1.29, 1.82) is 0 Å². The van der Waals surface area contributed by atoms with E-state index in [-0.39, 0.29) is 0 Å². The van der Waals surface area contributed by atoms with Crippen LogP contribution in [-0.4, -0.2) is 31.3 Å². The second-order valence-electron chi connectivity index (χ2n) is 5.34. The van der Waals surface area contributed by atoms with Gasteiger partial charge in [-0.25, -0.2) is 0 Å². The third-order valence-electron chi connectivity index (χ3n) is 3.99. The molecule has 1 aliphatic rings. The molecule has 0 saturated carbocycles. The Morgan fingerprint density at radius 3 is 2.32 bits per heavy atom. The highest BCUT2D eigenvalue weighted by atomic mass is 16.5. The lowest BCUT2D eigenvalue weighted by atomic mass is 10.2. The van der Waals surface area contributed by atoms with Gasteiger partial charge in [0.25, 0.3) is 0 Å². The van der Waals surface area contributed by atoms with Gasteiger partial charge in [0.2, 0.25) is 5.76 Å². The van der Waals surface area contributed by atoms with E-state index in [1.165, 1.54) is 5.69 Å². The van der Waals surface area contributed by atoms with Crippen LogP contribution in [0.15, 0.2) is 63.7 Å². The number of hydrogen-bond donors (Lipinski definition) is 0. The molecule has 112 valence electrons. The molecule has 2 aromatic heterocycles. The van der Waals surface area contributed by atoms with E-state index in [9.17, 15) is 0 Å². The summed E-state index contributed by atoms with van der Waals surface area (Å²) in [5, 5.41) is 4.17. The van der Waals surface area contributed by atoms with Crippen molar-refractivity contribution in [2.24, 2.45) is 0 Å². The molecular weight excluding hydrogens is 278 g/mol. The Hall–Kier alpha value is -2.69. The number of benzene rings is 1. The van der Waals surface area contributed by atoms with E-state index < -0.39 is 0 Å². The molecule has 1 saturated heterocycles. The van der Waals surface area contributed by atoms with Crippen molar-refractivity contribution in [3.8, 4) is 11.5 Å². The van der Waals surface area contributed by atoms with Crippen LogP contribution >= 0.6 is 0 Å². The third-order valence-corrected chi connectivity index (χ3v) is 3.99. The van der Waals surface area contributed by atoms with Gasteiger partial charge in [0.05, 0.1) is 6.26 Å². The Kier molecular flexibility index (Phi) is 3.31. The van der Waals surface area contributed by atoms with Crippen LogP contribution in [-0.2, 0) is 0 Å². The summed E-state index contributed by atoms with van der Waals surface area (Å²) in [5.74, 6) is 2.26. The monoisotopic (exact) mass is 295 g/mol. The number of furan rings is 1. The summed E-state index contributed by atoms with van der Waals surface area (Å²) >= 11 is 0. The van der Waals surface area contributed by atoms with E-state index in [1.54, 1.807) is 6.26 Å². The minimum Gasteiger partial charge on any atom is -0.461 e. The number of anilines is 2. The first-order valence-electron chi connectivity index (χ1n) is 7.46. The first kappa shape index (κ1) is 13.0. The van der Waals surface area contributed by atoms with Crippen LogP contribution in [0.1, 0.15) is 0 Å².